The molecular formula is C45H31BN2O. The Bertz CT molecular complexity index is 2690. The molecule has 0 fully saturated rings. The lowest BCUT2D eigenvalue weighted by Crippen LogP contribution is -2.61. The molecule has 1 aromatic heterocycles. The van der Waals surface area contributed by atoms with Crippen LogP contribution in [0.5, 0.6) is 0 Å². The van der Waals surface area contributed by atoms with Crippen LogP contribution in [0, 0.1) is 0 Å². The molecule has 1 aliphatic carbocycles. The van der Waals surface area contributed by atoms with E-state index in [1.54, 1.807) is 0 Å². The summed E-state index contributed by atoms with van der Waals surface area (Å²) in [6.45, 7) is 4.86. The molecule has 7 aromatic carbocycles. The number of furan rings is 1. The predicted molar refractivity (Wildman–Crippen MR) is 205 cm³/mol. The molecule has 0 radical (unpaired) electrons. The van der Waals surface area contributed by atoms with Gasteiger partial charge in [0.05, 0.1) is 5.69 Å². The third-order valence-electron chi connectivity index (χ3n) is 11.2. The maximum atomic E-state index is 6.41. The minimum Gasteiger partial charge on any atom is -0.456 e. The summed E-state index contributed by atoms with van der Waals surface area (Å²) in [5.74, 6) is 0. The molecular weight excluding hydrogens is 595 g/mol. The summed E-state index contributed by atoms with van der Waals surface area (Å²) >= 11 is 0. The van der Waals surface area contributed by atoms with E-state index in [1.165, 1.54) is 67.1 Å². The largest absolute Gasteiger partial charge is 0.456 e. The summed E-state index contributed by atoms with van der Waals surface area (Å²) in [6, 6.07) is 55.6. The Morgan fingerprint density at radius 2 is 1.08 bits per heavy atom. The van der Waals surface area contributed by atoms with Crippen LogP contribution in [-0.4, -0.2) is 6.71 Å². The van der Waals surface area contributed by atoms with Crippen molar-refractivity contribution in [3.8, 4) is 11.1 Å². The highest BCUT2D eigenvalue weighted by Gasteiger charge is 2.45. The van der Waals surface area contributed by atoms with Gasteiger partial charge in [0.15, 0.2) is 0 Å². The molecule has 3 heterocycles. The second-order valence-electron chi connectivity index (χ2n) is 14.1. The van der Waals surface area contributed by atoms with E-state index in [-0.39, 0.29) is 12.1 Å². The molecule has 3 aliphatic rings. The van der Waals surface area contributed by atoms with Crippen molar-refractivity contribution in [3.63, 3.8) is 0 Å². The molecule has 0 saturated carbocycles. The monoisotopic (exact) mass is 626 g/mol. The average molecular weight is 627 g/mol. The van der Waals surface area contributed by atoms with Crippen molar-refractivity contribution in [2.75, 3.05) is 9.80 Å². The van der Waals surface area contributed by atoms with Gasteiger partial charge in [-0.1, -0.05) is 111 Å². The second-order valence-corrected chi connectivity index (χ2v) is 14.1. The van der Waals surface area contributed by atoms with E-state index in [0.29, 0.717) is 0 Å². The number of rotatable bonds is 2. The van der Waals surface area contributed by atoms with E-state index in [4.69, 9.17) is 4.42 Å². The van der Waals surface area contributed by atoms with E-state index in [0.717, 1.165) is 27.6 Å². The van der Waals surface area contributed by atoms with Crippen molar-refractivity contribution >= 4 is 79.2 Å². The van der Waals surface area contributed by atoms with Crippen molar-refractivity contribution in [2.45, 2.75) is 19.3 Å². The van der Waals surface area contributed by atoms with E-state index in [1.807, 2.05) is 6.07 Å². The van der Waals surface area contributed by atoms with Gasteiger partial charge in [-0.05, 0) is 87.2 Å². The first-order chi connectivity index (χ1) is 24.1. The summed E-state index contributed by atoms with van der Waals surface area (Å²) in [5, 5.41) is 2.28. The quantitative estimate of drug-likeness (QED) is 0.178. The van der Waals surface area contributed by atoms with E-state index in [2.05, 4.69) is 169 Å². The fourth-order valence-corrected chi connectivity index (χ4v) is 9.23. The normalized spacial score (nSPS) is 14.8. The van der Waals surface area contributed by atoms with E-state index < -0.39 is 0 Å². The summed E-state index contributed by atoms with van der Waals surface area (Å²) in [5.41, 5.74) is 18.3. The molecule has 230 valence electrons. The molecule has 8 aromatic rings. The third kappa shape index (κ3) is 3.48. The van der Waals surface area contributed by atoms with Crippen molar-refractivity contribution in [1.82, 2.24) is 0 Å². The number of benzene rings is 7. The Labute approximate surface area is 285 Å². The fraction of sp³-hybridized carbons (Fsp3) is 0.0667. The SMILES string of the molecule is CC1(C)c2ccccc2-c2cccc(N3c4ccccc4B4c5ccccc5N(c5ccc6c(c5)oc5ccccc56)c5cccc3c54)c21. The van der Waals surface area contributed by atoms with E-state index >= 15 is 0 Å². The van der Waals surface area contributed by atoms with Gasteiger partial charge in [0.25, 0.3) is 6.71 Å². The van der Waals surface area contributed by atoms with Crippen molar-refractivity contribution in [3.05, 3.63) is 163 Å². The molecule has 0 amide bonds. The molecule has 0 unspecified atom stereocenters. The van der Waals surface area contributed by atoms with Gasteiger partial charge in [0.2, 0.25) is 0 Å². The van der Waals surface area contributed by atoms with Crippen LogP contribution in [0.2, 0.25) is 0 Å². The van der Waals surface area contributed by atoms with Crippen LogP contribution >= 0.6 is 0 Å². The molecule has 11 rings (SSSR count). The molecule has 3 nitrogen and oxygen atoms in total. The fourth-order valence-electron chi connectivity index (χ4n) is 9.23. The van der Waals surface area contributed by atoms with Gasteiger partial charge in [0, 0.05) is 50.7 Å². The average Bonchev–Trinajstić information content (AvgIpc) is 3.63. The summed E-state index contributed by atoms with van der Waals surface area (Å²) < 4.78 is 6.41. The van der Waals surface area contributed by atoms with Gasteiger partial charge in [-0.15, -0.1) is 0 Å². The minimum absolute atomic E-state index is 0.100. The summed E-state index contributed by atoms with van der Waals surface area (Å²) in [6.07, 6.45) is 0. The number of anilines is 6. The van der Waals surface area contributed by atoms with Gasteiger partial charge in [0.1, 0.15) is 11.2 Å². The number of fused-ring (bicyclic) bond motifs is 10. The Morgan fingerprint density at radius 1 is 0.490 bits per heavy atom. The first-order valence-electron chi connectivity index (χ1n) is 17.2. The smallest absolute Gasteiger partial charge is 0.252 e. The third-order valence-corrected chi connectivity index (χ3v) is 11.2. The molecule has 0 spiro atoms. The van der Waals surface area contributed by atoms with Crippen molar-refractivity contribution < 1.29 is 4.42 Å². The van der Waals surface area contributed by atoms with Gasteiger partial charge in [-0.25, -0.2) is 0 Å². The van der Waals surface area contributed by atoms with E-state index in [9.17, 15) is 0 Å². The zero-order valence-corrected chi connectivity index (χ0v) is 27.3. The predicted octanol–water partition coefficient (Wildman–Crippen LogP) is 9.97. The van der Waals surface area contributed by atoms with Crippen LogP contribution in [0.1, 0.15) is 25.0 Å². The molecule has 2 aliphatic heterocycles. The highest BCUT2D eigenvalue weighted by molar-refractivity contribution is 7.00. The Kier molecular flexibility index (Phi) is 5.26. The molecule has 49 heavy (non-hydrogen) atoms. The summed E-state index contributed by atoms with van der Waals surface area (Å²) in [4.78, 5) is 4.99. The zero-order valence-electron chi connectivity index (χ0n) is 27.3. The van der Waals surface area contributed by atoms with Gasteiger partial charge < -0.3 is 14.2 Å². The number of hydrogen-bond acceptors (Lipinski definition) is 3. The Balaban J connectivity index is 1.18. The maximum absolute atomic E-state index is 6.41. The van der Waals surface area contributed by atoms with Crippen LogP contribution in [0.4, 0.5) is 34.1 Å². The highest BCUT2D eigenvalue weighted by Crippen LogP contribution is 2.55. The molecule has 0 saturated heterocycles. The second kappa shape index (κ2) is 9.55. The van der Waals surface area contributed by atoms with Gasteiger partial charge in [-0.3, -0.25) is 0 Å². The molecule has 4 heteroatoms. The van der Waals surface area contributed by atoms with Crippen molar-refractivity contribution in [2.24, 2.45) is 0 Å². The van der Waals surface area contributed by atoms with Gasteiger partial charge >= 0.3 is 0 Å². The molecule has 0 bridgehead atoms. The highest BCUT2D eigenvalue weighted by atomic mass is 16.3. The standard InChI is InChI=1S/C45H31BN2O/c1-45(2)33-16-5-3-13-29(33)32-15-11-21-38(43(32)45)48-37-20-9-7-18-35(37)46-34-17-6-8-19-36(34)47(39-22-12-23-40(48)44(39)46)28-25-26-31-30-14-4-10-24-41(30)49-42(31)27-28/h3-27H,1-2H3. The lowest BCUT2D eigenvalue weighted by molar-refractivity contribution is 0.661. The van der Waals surface area contributed by atoms with Crippen LogP contribution < -0.4 is 26.2 Å². The van der Waals surface area contributed by atoms with Crippen LogP contribution in [0.3, 0.4) is 0 Å². The molecule has 0 N–H and O–H groups in total. The lowest BCUT2D eigenvalue weighted by atomic mass is 9.33. The number of nitrogens with zero attached hydrogens (tertiary/aromatic N) is 2. The summed E-state index contributed by atoms with van der Waals surface area (Å²) in [7, 11) is 0. The first-order valence-corrected chi connectivity index (χ1v) is 17.2. The van der Waals surface area contributed by atoms with Gasteiger partial charge in [-0.2, -0.15) is 0 Å². The molecule has 0 atom stereocenters. The zero-order chi connectivity index (χ0) is 32.4. The van der Waals surface area contributed by atoms with Crippen molar-refractivity contribution in [1.29, 1.82) is 0 Å². The topological polar surface area (TPSA) is 19.6 Å². The Morgan fingerprint density at radius 3 is 1.92 bits per heavy atom. The maximum Gasteiger partial charge on any atom is 0.252 e. The van der Waals surface area contributed by atoms with Crippen LogP contribution in [0.25, 0.3) is 33.1 Å². The number of para-hydroxylation sites is 3. The first kappa shape index (κ1) is 27.0. The minimum atomic E-state index is -0.149. The van der Waals surface area contributed by atoms with Crippen LogP contribution in [-0.2, 0) is 5.41 Å². The Hall–Kier alpha value is -6.00. The number of hydrogen-bond donors (Lipinski definition) is 0. The lowest BCUT2D eigenvalue weighted by Gasteiger charge is -2.44. The van der Waals surface area contributed by atoms with Crippen LogP contribution in [0.15, 0.2) is 156 Å².